The van der Waals surface area contributed by atoms with Crippen molar-refractivity contribution in [2.24, 2.45) is 23.7 Å². The summed E-state index contributed by atoms with van der Waals surface area (Å²) in [7, 11) is 0. The Balaban J connectivity index is 2.05. The van der Waals surface area contributed by atoms with E-state index in [-0.39, 0.29) is 36.2 Å². The number of aliphatic hydroxyl groups is 1. The van der Waals surface area contributed by atoms with Crippen molar-refractivity contribution in [2.75, 3.05) is 19.7 Å². The molecule has 3 unspecified atom stereocenters. The molecule has 0 aromatic carbocycles. The number of rotatable bonds is 12. The van der Waals surface area contributed by atoms with Crippen LogP contribution in [0.3, 0.4) is 0 Å². The molecule has 3 fully saturated rings. The zero-order chi connectivity index (χ0) is 25.3. The predicted octanol–water partition coefficient (Wildman–Crippen LogP) is 2.24. The number of carbonyl (C=O) groups excluding carboxylic acids is 3. The maximum Gasteiger partial charge on any atom is 0.245 e. The largest absolute Gasteiger partial charge is 0.394 e. The zero-order valence-electron chi connectivity index (χ0n) is 21.9. The van der Waals surface area contributed by atoms with Gasteiger partial charge in [0, 0.05) is 13.1 Å². The quantitative estimate of drug-likeness (QED) is 0.372. The van der Waals surface area contributed by atoms with E-state index in [1.54, 1.807) is 4.90 Å². The second kappa shape index (κ2) is 10.5. The summed E-state index contributed by atoms with van der Waals surface area (Å²) in [6.45, 7) is 12.9. The van der Waals surface area contributed by atoms with Crippen molar-refractivity contribution in [2.45, 2.75) is 103 Å². The van der Waals surface area contributed by atoms with E-state index in [0.717, 1.165) is 32.1 Å². The second-order valence-electron chi connectivity index (χ2n) is 10.9. The van der Waals surface area contributed by atoms with E-state index in [0.29, 0.717) is 19.5 Å². The molecule has 8 atom stereocenters. The van der Waals surface area contributed by atoms with Crippen molar-refractivity contribution < 1.29 is 24.2 Å². The van der Waals surface area contributed by atoms with Crippen LogP contribution < -0.4 is 10.6 Å². The van der Waals surface area contributed by atoms with Crippen LogP contribution in [0.2, 0.25) is 0 Å². The van der Waals surface area contributed by atoms with Gasteiger partial charge in [-0.2, -0.15) is 0 Å². The molecular formula is C26H45N3O5. The number of amides is 3. The molecule has 8 nitrogen and oxygen atoms in total. The fraction of sp³-hybridized carbons (Fsp3) is 0.885. The van der Waals surface area contributed by atoms with Crippen LogP contribution in [0.15, 0.2) is 0 Å². The number of nitrogens with zero attached hydrogens (tertiary/aromatic N) is 1. The van der Waals surface area contributed by atoms with Gasteiger partial charge in [0.05, 0.1) is 30.1 Å². The van der Waals surface area contributed by atoms with Crippen molar-refractivity contribution in [1.82, 2.24) is 15.5 Å². The SMILES string of the molecule is CCCCCNC(=O)C1N([C@@H](CO)[C@@H](C)CC)C(=O)[C@@H]2[C@@H](C(=O)NCCC)[C@]3(C)OC12CC3C. The molecule has 2 bridgehead atoms. The summed E-state index contributed by atoms with van der Waals surface area (Å²) in [6, 6.07) is -1.36. The Kier molecular flexibility index (Phi) is 8.33. The lowest BCUT2D eigenvalue weighted by atomic mass is 9.62. The van der Waals surface area contributed by atoms with Gasteiger partial charge in [-0.1, -0.05) is 53.9 Å². The van der Waals surface area contributed by atoms with Gasteiger partial charge in [0.2, 0.25) is 17.7 Å². The van der Waals surface area contributed by atoms with Gasteiger partial charge in [0.1, 0.15) is 11.6 Å². The number of nitrogens with one attached hydrogen (secondary N) is 2. The van der Waals surface area contributed by atoms with Gasteiger partial charge < -0.3 is 25.4 Å². The monoisotopic (exact) mass is 479 g/mol. The van der Waals surface area contributed by atoms with E-state index in [4.69, 9.17) is 4.74 Å². The van der Waals surface area contributed by atoms with Crippen molar-refractivity contribution in [3.8, 4) is 0 Å². The van der Waals surface area contributed by atoms with Crippen LogP contribution in [0, 0.1) is 23.7 Å². The third-order valence-corrected chi connectivity index (χ3v) is 8.76. The number of likely N-dealkylation sites (tertiary alicyclic amines) is 1. The normalized spacial score (nSPS) is 35.9. The summed E-state index contributed by atoms with van der Waals surface area (Å²) in [5, 5.41) is 16.4. The van der Waals surface area contributed by atoms with Crippen molar-refractivity contribution >= 4 is 17.7 Å². The maximum absolute atomic E-state index is 14.1. The first kappa shape index (κ1) is 26.9. The average molecular weight is 480 g/mol. The van der Waals surface area contributed by atoms with Crippen LogP contribution in [0.25, 0.3) is 0 Å². The highest BCUT2D eigenvalue weighted by atomic mass is 16.5. The van der Waals surface area contributed by atoms with E-state index in [1.165, 1.54) is 0 Å². The topological polar surface area (TPSA) is 108 Å². The van der Waals surface area contributed by atoms with E-state index in [1.807, 2.05) is 34.6 Å². The zero-order valence-corrected chi connectivity index (χ0v) is 21.9. The molecule has 3 rings (SSSR count). The minimum atomic E-state index is -1.06. The van der Waals surface area contributed by atoms with E-state index in [2.05, 4.69) is 17.6 Å². The van der Waals surface area contributed by atoms with Crippen LogP contribution in [0.4, 0.5) is 0 Å². The van der Waals surface area contributed by atoms with Crippen molar-refractivity contribution in [1.29, 1.82) is 0 Å². The molecule has 3 aliphatic rings. The predicted molar refractivity (Wildman–Crippen MR) is 130 cm³/mol. The lowest BCUT2D eigenvalue weighted by molar-refractivity contribution is -0.152. The van der Waals surface area contributed by atoms with E-state index < -0.39 is 35.1 Å². The Morgan fingerprint density at radius 3 is 2.41 bits per heavy atom. The molecule has 0 aliphatic carbocycles. The number of aliphatic hydroxyl groups excluding tert-OH is 1. The van der Waals surface area contributed by atoms with Crippen molar-refractivity contribution in [3.05, 3.63) is 0 Å². The second-order valence-corrected chi connectivity index (χ2v) is 10.9. The lowest BCUT2D eigenvalue weighted by Gasteiger charge is -2.39. The highest BCUT2D eigenvalue weighted by Crippen LogP contribution is 2.65. The lowest BCUT2D eigenvalue weighted by Crippen LogP contribution is -2.59. The van der Waals surface area contributed by atoms with Crippen LogP contribution in [0.1, 0.15) is 80.1 Å². The Bertz CT molecular complexity index is 776. The molecule has 34 heavy (non-hydrogen) atoms. The molecule has 0 aromatic heterocycles. The molecule has 0 saturated carbocycles. The highest BCUT2D eigenvalue weighted by molar-refractivity contribution is 5.99. The summed E-state index contributed by atoms with van der Waals surface area (Å²) in [5.41, 5.74) is -1.87. The Hall–Kier alpha value is -1.67. The van der Waals surface area contributed by atoms with Crippen LogP contribution in [0.5, 0.6) is 0 Å². The number of hydrogen-bond donors (Lipinski definition) is 3. The first-order chi connectivity index (χ1) is 16.1. The Morgan fingerprint density at radius 1 is 1.15 bits per heavy atom. The van der Waals surface area contributed by atoms with Crippen LogP contribution in [-0.2, 0) is 19.1 Å². The van der Waals surface area contributed by atoms with Gasteiger partial charge in [-0.05, 0) is 38.0 Å². The van der Waals surface area contributed by atoms with Gasteiger partial charge in [-0.15, -0.1) is 0 Å². The maximum atomic E-state index is 14.1. The summed E-state index contributed by atoms with van der Waals surface area (Å²) in [4.78, 5) is 42.8. The third kappa shape index (κ3) is 4.15. The van der Waals surface area contributed by atoms with E-state index in [9.17, 15) is 19.5 Å². The van der Waals surface area contributed by atoms with Crippen molar-refractivity contribution in [3.63, 3.8) is 0 Å². The van der Waals surface area contributed by atoms with Crippen LogP contribution >= 0.6 is 0 Å². The Labute approximate surface area is 204 Å². The van der Waals surface area contributed by atoms with Gasteiger partial charge >= 0.3 is 0 Å². The van der Waals surface area contributed by atoms with Gasteiger partial charge in [0.15, 0.2) is 0 Å². The average Bonchev–Trinajstić information content (AvgIpc) is 3.32. The van der Waals surface area contributed by atoms with Gasteiger partial charge in [-0.25, -0.2) is 0 Å². The molecule has 194 valence electrons. The molecule has 3 amide bonds. The molecule has 1 spiro atoms. The summed E-state index contributed by atoms with van der Waals surface area (Å²) >= 11 is 0. The molecule has 8 heteroatoms. The first-order valence-corrected chi connectivity index (χ1v) is 13.3. The molecule has 3 saturated heterocycles. The summed E-state index contributed by atoms with van der Waals surface area (Å²) < 4.78 is 6.70. The molecule has 3 N–H and O–H groups in total. The molecule has 0 aromatic rings. The summed E-state index contributed by atoms with van der Waals surface area (Å²) in [5.74, 6) is -2.02. The van der Waals surface area contributed by atoms with Gasteiger partial charge in [-0.3, -0.25) is 14.4 Å². The van der Waals surface area contributed by atoms with E-state index >= 15 is 0 Å². The minimum absolute atomic E-state index is 0.00264. The fourth-order valence-corrected chi connectivity index (χ4v) is 6.59. The highest BCUT2D eigenvalue weighted by Gasteiger charge is 2.80. The molecule has 3 aliphatic heterocycles. The number of hydrogen-bond acceptors (Lipinski definition) is 5. The van der Waals surface area contributed by atoms with Gasteiger partial charge in [0.25, 0.3) is 0 Å². The minimum Gasteiger partial charge on any atom is -0.394 e. The summed E-state index contributed by atoms with van der Waals surface area (Å²) in [6.07, 6.45) is 5.02. The smallest absolute Gasteiger partial charge is 0.245 e. The Morgan fingerprint density at radius 2 is 1.82 bits per heavy atom. The number of ether oxygens (including phenoxy) is 1. The molecular weight excluding hydrogens is 434 g/mol. The first-order valence-electron chi connectivity index (χ1n) is 13.3. The number of unbranched alkanes of at least 4 members (excludes halogenated alkanes) is 2. The number of fused-ring (bicyclic) bond motifs is 1. The van der Waals surface area contributed by atoms with Crippen LogP contribution in [-0.4, -0.2) is 70.7 Å². The fourth-order valence-electron chi connectivity index (χ4n) is 6.59. The molecule has 0 radical (unpaired) electrons. The molecule has 3 heterocycles. The standard InChI is InChI=1S/C26H45N3O5/c1-7-10-11-13-28-23(32)21-26-14-17(5)25(6,34-26)19(22(31)27-12-8-2)20(26)24(33)29(21)18(15-30)16(4)9-3/h16-21,30H,7-15H2,1-6H3,(H,27,31)(H,28,32)/t16-,17?,18-,19-,20-,21?,25+,26?/m0/s1. The third-order valence-electron chi connectivity index (χ3n) is 8.76. The number of carbonyl (C=O) groups is 3.